The van der Waals surface area contributed by atoms with Crippen LogP contribution in [0.15, 0.2) is 60.7 Å². The first-order valence-electron chi connectivity index (χ1n) is 11.5. The fourth-order valence-corrected chi connectivity index (χ4v) is 4.38. The largest absolute Gasteiger partial charge is 0.497 e. The summed E-state index contributed by atoms with van der Waals surface area (Å²) in [4.78, 5) is 27.7. The maximum Gasteiger partial charge on any atom is 0.258 e. The van der Waals surface area contributed by atoms with Crippen molar-refractivity contribution in [2.75, 3.05) is 26.2 Å². The zero-order valence-electron chi connectivity index (χ0n) is 20.5. The predicted octanol–water partition coefficient (Wildman–Crippen LogP) is 4.16. The van der Waals surface area contributed by atoms with Crippen molar-refractivity contribution in [1.29, 1.82) is 0 Å². The highest BCUT2D eigenvalue weighted by Gasteiger charge is 2.31. The molecule has 0 radical (unpaired) electrons. The Morgan fingerprint density at radius 2 is 1.60 bits per heavy atom. The number of nitrogens with zero attached hydrogens (tertiary/aromatic N) is 1. The lowest BCUT2D eigenvalue weighted by Gasteiger charge is -2.23. The highest BCUT2D eigenvalue weighted by atomic mass is 16.5. The molecule has 0 aliphatic carbocycles. The van der Waals surface area contributed by atoms with Gasteiger partial charge in [-0.15, -0.1) is 0 Å². The van der Waals surface area contributed by atoms with Gasteiger partial charge in [0.15, 0.2) is 11.5 Å². The van der Waals surface area contributed by atoms with Crippen LogP contribution in [0.1, 0.15) is 34.0 Å². The molecule has 1 aliphatic heterocycles. The average Bonchev–Trinajstić information content (AvgIpc) is 3.21. The van der Waals surface area contributed by atoms with Crippen LogP contribution in [0.2, 0.25) is 0 Å². The molecule has 1 heterocycles. The number of methoxy groups -OCH3 is 3. The second-order valence-electron chi connectivity index (χ2n) is 8.56. The topological polar surface area (TPSA) is 77.1 Å². The molecular formula is C28H30N2O5. The number of fused-ring (bicyclic) bond motifs is 1. The Hall–Kier alpha value is -4.00. The van der Waals surface area contributed by atoms with Crippen LogP contribution in [0.5, 0.6) is 17.2 Å². The van der Waals surface area contributed by atoms with E-state index in [1.807, 2.05) is 36.1 Å². The molecule has 0 fully saturated rings. The second-order valence-corrected chi connectivity index (χ2v) is 8.56. The lowest BCUT2D eigenvalue weighted by Crippen LogP contribution is -2.35. The first-order chi connectivity index (χ1) is 16.9. The molecule has 1 aliphatic rings. The molecule has 3 aromatic rings. The summed E-state index contributed by atoms with van der Waals surface area (Å²) < 4.78 is 15.8. The number of amides is 2. The van der Waals surface area contributed by atoms with Crippen molar-refractivity contribution in [3.63, 3.8) is 0 Å². The van der Waals surface area contributed by atoms with Crippen LogP contribution in [0.4, 0.5) is 5.69 Å². The van der Waals surface area contributed by atoms with Crippen LogP contribution in [0.25, 0.3) is 0 Å². The molecule has 0 spiro atoms. The third-order valence-corrected chi connectivity index (χ3v) is 6.22. The maximum absolute atomic E-state index is 13.3. The Morgan fingerprint density at radius 3 is 2.29 bits per heavy atom. The molecule has 182 valence electrons. The minimum Gasteiger partial charge on any atom is -0.497 e. The molecule has 0 saturated carbocycles. The van der Waals surface area contributed by atoms with Crippen LogP contribution < -0.4 is 24.4 Å². The molecule has 0 aromatic heterocycles. The summed E-state index contributed by atoms with van der Waals surface area (Å²) in [6.45, 7) is 2.42. The predicted molar refractivity (Wildman–Crippen MR) is 135 cm³/mol. The number of rotatable bonds is 8. The zero-order valence-corrected chi connectivity index (χ0v) is 20.5. The molecular weight excluding hydrogens is 444 g/mol. The van der Waals surface area contributed by atoms with Crippen molar-refractivity contribution in [3.8, 4) is 17.2 Å². The summed E-state index contributed by atoms with van der Waals surface area (Å²) in [5, 5.41) is 2.98. The normalized spacial score (nSPS) is 14.3. The first kappa shape index (κ1) is 24.1. The molecule has 7 heteroatoms. The van der Waals surface area contributed by atoms with Crippen molar-refractivity contribution in [3.05, 3.63) is 82.9 Å². The maximum atomic E-state index is 13.3. The summed E-state index contributed by atoms with van der Waals surface area (Å²) in [5.41, 5.74) is 4.40. The van der Waals surface area contributed by atoms with Crippen molar-refractivity contribution >= 4 is 17.5 Å². The number of carbonyl (C=O) groups excluding carboxylic acids is 2. The van der Waals surface area contributed by atoms with Crippen molar-refractivity contribution in [1.82, 2.24) is 5.32 Å². The van der Waals surface area contributed by atoms with Gasteiger partial charge in [-0.2, -0.15) is 0 Å². The molecule has 1 N–H and O–H groups in total. The van der Waals surface area contributed by atoms with E-state index in [1.54, 1.807) is 57.7 Å². The van der Waals surface area contributed by atoms with Gasteiger partial charge in [-0.1, -0.05) is 18.2 Å². The third-order valence-electron chi connectivity index (χ3n) is 6.22. The summed E-state index contributed by atoms with van der Waals surface area (Å²) in [6, 6.07) is 18.7. The van der Waals surface area contributed by atoms with E-state index >= 15 is 0 Å². The van der Waals surface area contributed by atoms with Crippen LogP contribution in [-0.4, -0.2) is 39.2 Å². The number of hydrogen-bond acceptors (Lipinski definition) is 5. The molecule has 35 heavy (non-hydrogen) atoms. The SMILES string of the molecule is COc1ccc(C(=O)N2c3cc(CNC(=O)Cc4ccc(OC)c(OC)c4)ccc3C[C@H]2C)cc1. The lowest BCUT2D eigenvalue weighted by atomic mass is 10.1. The quantitative estimate of drug-likeness (QED) is 0.531. The standard InChI is InChI=1S/C28H30N2O5/c1-18-13-22-7-5-20(14-24(22)30(18)28(32)21-8-10-23(33-2)11-9-21)17-29-27(31)16-19-6-12-25(34-3)26(15-19)35-4/h5-12,14-15,18H,13,16-17H2,1-4H3,(H,29,31)/t18-/m1/s1. The van der Waals surface area contributed by atoms with Gasteiger partial charge in [0.2, 0.25) is 5.91 Å². The van der Waals surface area contributed by atoms with E-state index in [0.29, 0.717) is 29.4 Å². The zero-order chi connectivity index (χ0) is 24.9. The number of nitrogens with one attached hydrogen (secondary N) is 1. The fraction of sp³-hybridized carbons (Fsp3) is 0.286. The van der Waals surface area contributed by atoms with E-state index < -0.39 is 0 Å². The van der Waals surface area contributed by atoms with E-state index in [-0.39, 0.29) is 24.3 Å². The van der Waals surface area contributed by atoms with E-state index in [2.05, 4.69) is 5.32 Å². The highest BCUT2D eigenvalue weighted by Crippen LogP contribution is 2.34. The summed E-state index contributed by atoms with van der Waals surface area (Å²) in [7, 11) is 4.75. The van der Waals surface area contributed by atoms with Crippen LogP contribution in [-0.2, 0) is 24.2 Å². The average molecular weight is 475 g/mol. The van der Waals surface area contributed by atoms with E-state index in [9.17, 15) is 9.59 Å². The number of ether oxygens (including phenoxy) is 3. The van der Waals surface area contributed by atoms with Gasteiger partial charge in [-0.3, -0.25) is 9.59 Å². The Bertz CT molecular complexity index is 1220. The molecule has 0 saturated heterocycles. The molecule has 1 atom stereocenters. The van der Waals surface area contributed by atoms with Crippen LogP contribution in [0.3, 0.4) is 0 Å². The third kappa shape index (κ3) is 5.24. The monoisotopic (exact) mass is 474 g/mol. The molecule has 0 bridgehead atoms. The van der Waals surface area contributed by atoms with Gasteiger partial charge in [-0.05, 0) is 72.5 Å². The highest BCUT2D eigenvalue weighted by molar-refractivity contribution is 6.07. The van der Waals surface area contributed by atoms with E-state index in [4.69, 9.17) is 14.2 Å². The van der Waals surface area contributed by atoms with Gasteiger partial charge in [0, 0.05) is 23.8 Å². The molecule has 7 nitrogen and oxygen atoms in total. The summed E-state index contributed by atoms with van der Waals surface area (Å²) >= 11 is 0. The summed E-state index contributed by atoms with van der Waals surface area (Å²) in [6.07, 6.45) is 1.02. The number of anilines is 1. The van der Waals surface area contributed by atoms with Gasteiger partial charge in [0.1, 0.15) is 5.75 Å². The molecule has 2 amide bonds. The van der Waals surface area contributed by atoms with Crippen LogP contribution in [0, 0.1) is 0 Å². The van der Waals surface area contributed by atoms with Crippen molar-refractivity contribution in [2.24, 2.45) is 0 Å². The Morgan fingerprint density at radius 1 is 0.886 bits per heavy atom. The molecule has 3 aromatic carbocycles. The first-order valence-corrected chi connectivity index (χ1v) is 11.5. The Kier molecular flexibility index (Phi) is 7.25. The molecule has 0 unspecified atom stereocenters. The van der Waals surface area contributed by atoms with E-state index in [0.717, 1.165) is 28.8 Å². The van der Waals surface area contributed by atoms with Gasteiger partial charge in [0.25, 0.3) is 5.91 Å². The van der Waals surface area contributed by atoms with Gasteiger partial charge >= 0.3 is 0 Å². The van der Waals surface area contributed by atoms with Gasteiger partial charge in [-0.25, -0.2) is 0 Å². The number of benzene rings is 3. The van der Waals surface area contributed by atoms with Crippen molar-refractivity contribution in [2.45, 2.75) is 32.4 Å². The summed E-state index contributed by atoms with van der Waals surface area (Å²) in [5.74, 6) is 1.78. The second kappa shape index (κ2) is 10.5. The number of carbonyl (C=O) groups is 2. The lowest BCUT2D eigenvalue weighted by molar-refractivity contribution is -0.120. The fourth-order valence-electron chi connectivity index (χ4n) is 4.38. The van der Waals surface area contributed by atoms with Crippen LogP contribution >= 0.6 is 0 Å². The smallest absolute Gasteiger partial charge is 0.258 e. The minimum atomic E-state index is -0.0998. The molecule has 4 rings (SSSR count). The minimum absolute atomic E-state index is 0.0476. The van der Waals surface area contributed by atoms with Gasteiger partial charge < -0.3 is 24.4 Å². The van der Waals surface area contributed by atoms with Gasteiger partial charge in [0.05, 0.1) is 27.8 Å². The van der Waals surface area contributed by atoms with Crippen molar-refractivity contribution < 1.29 is 23.8 Å². The Labute approximate surface area is 205 Å². The Balaban J connectivity index is 1.44. The van der Waals surface area contributed by atoms with E-state index in [1.165, 1.54) is 0 Å². The number of hydrogen-bond donors (Lipinski definition) is 1.